The van der Waals surface area contributed by atoms with Crippen LogP contribution in [0, 0.1) is 12.3 Å². The van der Waals surface area contributed by atoms with Crippen LogP contribution in [-0.2, 0) is 16.0 Å². The third-order valence-electron chi connectivity index (χ3n) is 4.49. The van der Waals surface area contributed by atoms with E-state index < -0.39 is 5.41 Å². The van der Waals surface area contributed by atoms with Crippen LogP contribution in [0.25, 0.3) is 0 Å². The minimum atomic E-state index is -0.446. The summed E-state index contributed by atoms with van der Waals surface area (Å²) in [4.78, 5) is 12.6. The number of amides is 1. The summed E-state index contributed by atoms with van der Waals surface area (Å²) in [6, 6.07) is 8.39. The van der Waals surface area contributed by atoms with E-state index in [1.807, 2.05) is 19.1 Å². The van der Waals surface area contributed by atoms with Gasteiger partial charge >= 0.3 is 0 Å². The molecule has 1 atom stereocenters. The Bertz CT molecular complexity index is 481. The van der Waals surface area contributed by atoms with Gasteiger partial charge in [-0.25, -0.2) is 0 Å². The number of nitrogens with two attached hydrogens (primary N) is 1. The first-order valence-electron chi connectivity index (χ1n) is 7.71. The number of hydrogen-bond acceptors (Lipinski definition) is 3. The Hall–Kier alpha value is -1.39. The third kappa shape index (κ3) is 3.83. The zero-order valence-corrected chi connectivity index (χ0v) is 13.0. The number of carbonyl (C=O) groups excluding carboxylic acids is 1. The molecule has 0 bridgehead atoms. The summed E-state index contributed by atoms with van der Waals surface area (Å²) in [6.45, 7) is 5.78. The first kappa shape index (κ1) is 16.0. The van der Waals surface area contributed by atoms with Crippen LogP contribution in [0.2, 0.25) is 0 Å². The smallest absolute Gasteiger partial charge is 0.227 e. The summed E-state index contributed by atoms with van der Waals surface area (Å²) >= 11 is 0. The minimum absolute atomic E-state index is 0.0781. The van der Waals surface area contributed by atoms with E-state index >= 15 is 0 Å². The number of aryl methyl sites for hydroxylation is 1. The van der Waals surface area contributed by atoms with Crippen LogP contribution in [-0.4, -0.2) is 31.7 Å². The van der Waals surface area contributed by atoms with E-state index in [4.69, 9.17) is 10.5 Å². The molecule has 2 rings (SSSR count). The summed E-state index contributed by atoms with van der Waals surface area (Å²) in [6.07, 6.45) is 2.27. The maximum absolute atomic E-state index is 12.6. The molecule has 4 nitrogen and oxygen atoms in total. The molecule has 1 aromatic rings. The van der Waals surface area contributed by atoms with Crippen molar-refractivity contribution in [1.82, 2.24) is 5.32 Å². The van der Waals surface area contributed by atoms with Crippen molar-refractivity contribution in [2.24, 2.45) is 11.1 Å². The second kappa shape index (κ2) is 7.05. The second-order valence-corrected chi connectivity index (χ2v) is 6.10. The number of nitrogens with one attached hydrogen (secondary N) is 1. The quantitative estimate of drug-likeness (QED) is 0.869. The Morgan fingerprint density at radius 3 is 2.67 bits per heavy atom. The van der Waals surface area contributed by atoms with Crippen molar-refractivity contribution in [1.29, 1.82) is 0 Å². The molecule has 1 heterocycles. The van der Waals surface area contributed by atoms with Gasteiger partial charge in [-0.3, -0.25) is 4.79 Å². The molecule has 1 aromatic carbocycles. The normalized spacial score (nSPS) is 19.0. The van der Waals surface area contributed by atoms with Gasteiger partial charge in [0, 0.05) is 25.8 Å². The highest BCUT2D eigenvalue weighted by Crippen LogP contribution is 2.29. The summed E-state index contributed by atoms with van der Waals surface area (Å²) < 4.78 is 5.36. The maximum atomic E-state index is 12.6. The molecular formula is C17H26N2O2. The molecule has 1 amide bonds. The van der Waals surface area contributed by atoms with E-state index in [-0.39, 0.29) is 11.9 Å². The lowest BCUT2D eigenvalue weighted by atomic mass is 9.79. The number of ether oxygens (including phenoxy) is 1. The van der Waals surface area contributed by atoms with E-state index in [9.17, 15) is 4.79 Å². The Morgan fingerprint density at radius 1 is 1.38 bits per heavy atom. The Labute approximate surface area is 127 Å². The molecule has 1 saturated heterocycles. The van der Waals surface area contributed by atoms with Gasteiger partial charge in [0.2, 0.25) is 5.91 Å². The van der Waals surface area contributed by atoms with Gasteiger partial charge in [-0.05, 0) is 44.2 Å². The van der Waals surface area contributed by atoms with E-state index in [1.165, 1.54) is 11.1 Å². The maximum Gasteiger partial charge on any atom is 0.227 e. The van der Waals surface area contributed by atoms with Crippen molar-refractivity contribution in [3.63, 3.8) is 0 Å². The molecule has 0 radical (unpaired) electrons. The fraction of sp³-hybridized carbons (Fsp3) is 0.588. The van der Waals surface area contributed by atoms with Crippen molar-refractivity contribution < 1.29 is 9.53 Å². The summed E-state index contributed by atoms with van der Waals surface area (Å²) in [7, 11) is 0. The van der Waals surface area contributed by atoms with E-state index in [0.717, 1.165) is 6.42 Å². The van der Waals surface area contributed by atoms with Crippen LogP contribution in [0.3, 0.4) is 0 Å². The summed E-state index contributed by atoms with van der Waals surface area (Å²) in [5, 5.41) is 3.14. The molecule has 0 spiro atoms. The highest BCUT2D eigenvalue weighted by Gasteiger charge is 2.39. The minimum Gasteiger partial charge on any atom is -0.381 e. The van der Waals surface area contributed by atoms with Gasteiger partial charge in [0.05, 0.1) is 5.41 Å². The SMILES string of the molecule is Cc1ccccc1CC(C)NC(=O)C1(CN)CCOCC1. The molecule has 3 N–H and O–H groups in total. The van der Waals surface area contributed by atoms with Gasteiger partial charge < -0.3 is 15.8 Å². The second-order valence-electron chi connectivity index (χ2n) is 6.10. The van der Waals surface area contributed by atoms with Crippen molar-refractivity contribution in [3.8, 4) is 0 Å². The van der Waals surface area contributed by atoms with Crippen LogP contribution in [0.5, 0.6) is 0 Å². The largest absolute Gasteiger partial charge is 0.381 e. The standard InChI is InChI=1S/C17H26N2O2/c1-13-5-3-4-6-15(13)11-14(2)19-16(20)17(12-18)7-9-21-10-8-17/h3-6,14H,7-12,18H2,1-2H3,(H,19,20). The van der Waals surface area contributed by atoms with Crippen LogP contribution in [0.15, 0.2) is 24.3 Å². The highest BCUT2D eigenvalue weighted by molar-refractivity contribution is 5.83. The fourth-order valence-corrected chi connectivity index (χ4v) is 2.88. The predicted octanol–water partition coefficient (Wildman–Crippen LogP) is 1.80. The van der Waals surface area contributed by atoms with Gasteiger partial charge in [-0.15, -0.1) is 0 Å². The van der Waals surface area contributed by atoms with Crippen molar-refractivity contribution >= 4 is 5.91 Å². The van der Waals surface area contributed by atoms with E-state index in [0.29, 0.717) is 32.6 Å². The zero-order valence-electron chi connectivity index (χ0n) is 13.0. The van der Waals surface area contributed by atoms with Crippen LogP contribution in [0.1, 0.15) is 30.9 Å². The Kier molecular flexibility index (Phi) is 5.37. The zero-order chi connectivity index (χ0) is 15.3. The van der Waals surface area contributed by atoms with Gasteiger partial charge in [-0.1, -0.05) is 24.3 Å². The number of rotatable bonds is 5. The molecule has 1 aliphatic rings. The molecule has 1 unspecified atom stereocenters. The fourth-order valence-electron chi connectivity index (χ4n) is 2.88. The monoisotopic (exact) mass is 290 g/mol. The van der Waals surface area contributed by atoms with Crippen LogP contribution >= 0.6 is 0 Å². The number of hydrogen-bond donors (Lipinski definition) is 2. The predicted molar refractivity (Wildman–Crippen MR) is 84.0 cm³/mol. The lowest BCUT2D eigenvalue weighted by molar-refractivity contribution is -0.136. The average molecular weight is 290 g/mol. The molecular weight excluding hydrogens is 264 g/mol. The lowest BCUT2D eigenvalue weighted by Crippen LogP contribution is -2.51. The van der Waals surface area contributed by atoms with Gasteiger partial charge in [0.1, 0.15) is 0 Å². The van der Waals surface area contributed by atoms with Crippen molar-refractivity contribution in [2.75, 3.05) is 19.8 Å². The van der Waals surface area contributed by atoms with Gasteiger partial charge in [-0.2, -0.15) is 0 Å². The molecule has 1 aliphatic heterocycles. The van der Waals surface area contributed by atoms with Crippen molar-refractivity contribution in [2.45, 2.75) is 39.2 Å². The van der Waals surface area contributed by atoms with Crippen molar-refractivity contribution in [3.05, 3.63) is 35.4 Å². The average Bonchev–Trinajstić information content (AvgIpc) is 2.50. The van der Waals surface area contributed by atoms with Crippen LogP contribution in [0.4, 0.5) is 0 Å². The first-order chi connectivity index (χ1) is 10.1. The molecule has 0 aliphatic carbocycles. The number of carbonyl (C=O) groups is 1. The molecule has 116 valence electrons. The molecule has 1 fully saturated rings. The first-order valence-corrected chi connectivity index (χ1v) is 7.71. The van der Waals surface area contributed by atoms with Gasteiger partial charge in [0.25, 0.3) is 0 Å². The molecule has 4 heteroatoms. The highest BCUT2D eigenvalue weighted by atomic mass is 16.5. The molecule has 0 saturated carbocycles. The molecule has 21 heavy (non-hydrogen) atoms. The topological polar surface area (TPSA) is 64.4 Å². The Balaban J connectivity index is 1.97. The lowest BCUT2D eigenvalue weighted by Gasteiger charge is -2.35. The van der Waals surface area contributed by atoms with Crippen LogP contribution < -0.4 is 11.1 Å². The molecule has 0 aromatic heterocycles. The van der Waals surface area contributed by atoms with E-state index in [2.05, 4.69) is 24.4 Å². The third-order valence-corrected chi connectivity index (χ3v) is 4.49. The Morgan fingerprint density at radius 2 is 2.05 bits per heavy atom. The van der Waals surface area contributed by atoms with Gasteiger partial charge in [0.15, 0.2) is 0 Å². The summed E-state index contributed by atoms with van der Waals surface area (Å²) in [5.41, 5.74) is 7.97. The summed E-state index contributed by atoms with van der Waals surface area (Å²) in [5.74, 6) is 0.0781. The number of benzene rings is 1. The van der Waals surface area contributed by atoms with E-state index in [1.54, 1.807) is 0 Å².